The Morgan fingerprint density at radius 1 is 1.56 bits per heavy atom. The fourth-order valence-electron chi connectivity index (χ4n) is 2.35. The van der Waals surface area contributed by atoms with E-state index in [1.165, 1.54) is 0 Å². The van der Waals surface area contributed by atoms with Crippen molar-refractivity contribution in [3.8, 4) is 0 Å². The fraction of sp³-hybridized carbons (Fsp3) is 0.385. The molecule has 0 amide bonds. The average molecular weight is 246 g/mol. The first kappa shape index (κ1) is 11.2. The van der Waals surface area contributed by atoms with Crippen molar-refractivity contribution >= 4 is 17.0 Å². The number of benzene rings is 1. The largest absolute Gasteiger partial charge is 0.478 e. The van der Waals surface area contributed by atoms with Crippen LogP contribution in [0.3, 0.4) is 0 Å². The standard InChI is InChI=1S/C13H14N2O3/c16-13(17)10-1-2-12-11(5-10)14-8-15(12)6-9-3-4-18-7-9/h1-2,5,8-9H,3-4,6-7H2,(H,16,17). The summed E-state index contributed by atoms with van der Waals surface area (Å²) in [7, 11) is 0. The number of hydrogen-bond donors (Lipinski definition) is 1. The first-order valence-electron chi connectivity index (χ1n) is 6.00. The van der Waals surface area contributed by atoms with E-state index >= 15 is 0 Å². The van der Waals surface area contributed by atoms with Gasteiger partial charge in [-0.2, -0.15) is 0 Å². The van der Waals surface area contributed by atoms with E-state index in [1.807, 2.05) is 6.07 Å². The minimum Gasteiger partial charge on any atom is -0.478 e. The van der Waals surface area contributed by atoms with Gasteiger partial charge in [-0.05, 0) is 24.6 Å². The molecule has 1 atom stereocenters. The van der Waals surface area contributed by atoms with Gasteiger partial charge in [0.25, 0.3) is 0 Å². The van der Waals surface area contributed by atoms with Gasteiger partial charge in [0.05, 0.1) is 29.5 Å². The molecule has 1 aromatic heterocycles. The third kappa shape index (κ3) is 1.97. The minimum atomic E-state index is -0.921. The molecule has 1 aromatic carbocycles. The molecule has 0 bridgehead atoms. The Labute approximate surface area is 104 Å². The molecule has 1 fully saturated rings. The zero-order chi connectivity index (χ0) is 12.5. The zero-order valence-corrected chi connectivity index (χ0v) is 9.87. The topological polar surface area (TPSA) is 64.3 Å². The van der Waals surface area contributed by atoms with Crippen LogP contribution >= 0.6 is 0 Å². The van der Waals surface area contributed by atoms with Gasteiger partial charge in [0.15, 0.2) is 0 Å². The summed E-state index contributed by atoms with van der Waals surface area (Å²) < 4.78 is 7.43. The number of nitrogens with zero attached hydrogens (tertiary/aromatic N) is 2. The minimum absolute atomic E-state index is 0.275. The Morgan fingerprint density at radius 3 is 3.17 bits per heavy atom. The molecule has 94 valence electrons. The van der Waals surface area contributed by atoms with Crippen molar-refractivity contribution in [1.29, 1.82) is 0 Å². The Morgan fingerprint density at radius 2 is 2.44 bits per heavy atom. The van der Waals surface area contributed by atoms with E-state index in [2.05, 4.69) is 9.55 Å². The average Bonchev–Trinajstić information content (AvgIpc) is 2.99. The van der Waals surface area contributed by atoms with Crippen molar-refractivity contribution in [2.24, 2.45) is 5.92 Å². The van der Waals surface area contributed by atoms with Crippen LogP contribution < -0.4 is 0 Å². The normalized spacial score (nSPS) is 19.4. The molecule has 1 aliphatic heterocycles. The van der Waals surface area contributed by atoms with E-state index in [0.717, 1.165) is 37.2 Å². The van der Waals surface area contributed by atoms with E-state index in [9.17, 15) is 4.79 Å². The molecule has 2 aromatic rings. The van der Waals surface area contributed by atoms with Gasteiger partial charge in [-0.3, -0.25) is 0 Å². The van der Waals surface area contributed by atoms with Crippen molar-refractivity contribution in [1.82, 2.24) is 9.55 Å². The molecular weight excluding hydrogens is 232 g/mol. The quantitative estimate of drug-likeness (QED) is 0.896. The lowest BCUT2D eigenvalue weighted by molar-refractivity contribution is 0.0697. The highest BCUT2D eigenvalue weighted by atomic mass is 16.5. The molecule has 1 unspecified atom stereocenters. The molecule has 5 nitrogen and oxygen atoms in total. The second-order valence-electron chi connectivity index (χ2n) is 4.64. The van der Waals surface area contributed by atoms with Gasteiger partial charge < -0.3 is 14.4 Å². The number of carboxylic acids is 1. The lowest BCUT2D eigenvalue weighted by Crippen LogP contribution is -2.09. The molecule has 2 heterocycles. The predicted octanol–water partition coefficient (Wildman–Crippen LogP) is 1.77. The second-order valence-corrected chi connectivity index (χ2v) is 4.64. The molecule has 3 rings (SSSR count). The summed E-state index contributed by atoms with van der Waals surface area (Å²) in [6.45, 7) is 2.51. The summed E-state index contributed by atoms with van der Waals surface area (Å²) in [5, 5.41) is 8.93. The lowest BCUT2D eigenvalue weighted by Gasteiger charge is -2.09. The zero-order valence-electron chi connectivity index (χ0n) is 9.87. The number of carbonyl (C=O) groups is 1. The molecule has 0 spiro atoms. The maximum absolute atomic E-state index is 10.9. The number of carboxylic acid groups (broad SMARTS) is 1. The number of ether oxygens (including phenoxy) is 1. The van der Waals surface area contributed by atoms with Crippen LogP contribution in [0.15, 0.2) is 24.5 Å². The molecule has 0 saturated carbocycles. The van der Waals surface area contributed by atoms with Crippen LogP contribution in [0.5, 0.6) is 0 Å². The van der Waals surface area contributed by atoms with E-state index in [4.69, 9.17) is 9.84 Å². The Kier molecular flexibility index (Phi) is 2.76. The summed E-state index contributed by atoms with van der Waals surface area (Å²) in [5.41, 5.74) is 1.98. The number of rotatable bonds is 3. The Bertz CT molecular complexity index is 585. The van der Waals surface area contributed by atoms with Crippen LogP contribution in [-0.4, -0.2) is 33.8 Å². The van der Waals surface area contributed by atoms with Gasteiger partial charge in [0.2, 0.25) is 0 Å². The number of aromatic nitrogens is 2. The number of aromatic carboxylic acids is 1. The van der Waals surface area contributed by atoms with Crippen molar-refractivity contribution in [2.45, 2.75) is 13.0 Å². The van der Waals surface area contributed by atoms with Crippen LogP contribution in [0.4, 0.5) is 0 Å². The molecule has 1 saturated heterocycles. The molecule has 0 aliphatic carbocycles. The molecule has 1 aliphatic rings. The first-order valence-corrected chi connectivity index (χ1v) is 6.00. The Balaban J connectivity index is 1.91. The van der Waals surface area contributed by atoms with Crippen molar-refractivity contribution < 1.29 is 14.6 Å². The third-order valence-electron chi connectivity index (χ3n) is 3.35. The molecule has 1 N–H and O–H groups in total. The summed E-state index contributed by atoms with van der Waals surface area (Å²) in [5.74, 6) is -0.391. The maximum atomic E-state index is 10.9. The van der Waals surface area contributed by atoms with Gasteiger partial charge in [0, 0.05) is 19.1 Å². The summed E-state index contributed by atoms with van der Waals surface area (Å²) in [6, 6.07) is 5.05. The lowest BCUT2D eigenvalue weighted by atomic mass is 10.1. The predicted molar refractivity (Wildman–Crippen MR) is 65.6 cm³/mol. The van der Waals surface area contributed by atoms with E-state index in [-0.39, 0.29) is 5.56 Å². The summed E-state index contributed by atoms with van der Waals surface area (Å²) >= 11 is 0. The van der Waals surface area contributed by atoms with Crippen molar-refractivity contribution in [3.05, 3.63) is 30.1 Å². The van der Waals surface area contributed by atoms with Gasteiger partial charge in [-0.15, -0.1) is 0 Å². The highest BCUT2D eigenvalue weighted by molar-refractivity contribution is 5.92. The summed E-state index contributed by atoms with van der Waals surface area (Å²) in [6.07, 6.45) is 2.85. The van der Waals surface area contributed by atoms with Crippen molar-refractivity contribution in [3.63, 3.8) is 0 Å². The smallest absolute Gasteiger partial charge is 0.335 e. The number of imidazole rings is 1. The van der Waals surface area contributed by atoms with Gasteiger partial charge in [0.1, 0.15) is 0 Å². The number of fused-ring (bicyclic) bond motifs is 1. The molecule has 0 radical (unpaired) electrons. The fourth-order valence-corrected chi connectivity index (χ4v) is 2.35. The van der Waals surface area contributed by atoms with E-state index < -0.39 is 5.97 Å². The molecular formula is C13H14N2O3. The monoisotopic (exact) mass is 246 g/mol. The third-order valence-corrected chi connectivity index (χ3v) is 3.35. The van der Waals surface area contributed by atoms with Crippen molar-refractivity contribution in [2.75, 3.05) is 13.2 Å². The van der Waals surface area contributed by atoms with Gasteiger partial charge in [-0.1, -0.05) is 0 Å². The van der Waals surface area contributed by atoms with Crippen LogP contribution in [-0.2, 0) is 11.3 Å². The van der Waals surface area contributed by atoms with Crippen LogP contribution in [0.2, 0.25) is 0 Å². The highest BCUT2D eigenvalue weighted by Gasteiger charge is 2.17. The van der Waals surface area contributed by atoms with Crippen LogP contribution in [0.1, 0.15) is 16.8 Å². The van der Waals surface area contributed by atoms with Crippen LogP contribution in [0.25, 0.3) is 11.0 Å². The second kappa shape index (κ2) is 4.42. The van der Waals surface area contributed by atoms with E-state index in [1.54, 1.807) is 18.5 Å². The molecule has 5 heteroatoms. The van der Waals surface area contributed by atoms with Crippen LogP contribution in [0, 0.1) is 5.92 Å². The SMILES string of the molecule is O=C(O)c1ccc2c(c1)ncn2CC1CCOC1. The first-order chi connectivity index (χ1) is 8.74. The van der Waals surface area contributed by atoms with Gasteiger partial charge >= 0.3 is 5.97 Å². The number of hydrogen-bond acceptors (Lipinski definition) is 3. The maximum Gasteiger partial charge on any atom is 0.335 e. The summed E-state index contributed by atoms with van der Waals surface area (Å²) in [4.78, 5) is 15.1. The van der Waals surface area contributed by atoms with Gasteiger partial charge in [-0.25, -0.2) is 9.78 Å². The highest BCUT2D eigenvalue weighted by Crippen LogP contribution is 2.20. The Hall–Kier alpha value is -1.88. The molecule has 18 heavy (non-hydrogen) atoms. The van der Waals surface area contributed by atoms with E-state index in [0.29, 0.717) is 5.92 Å².